The van der Waals surface area contributed by atoms with Crippen LogP contribution in [0.2, 0.25) is 0 Å². The molecule has 4 heteroatoms. The van der Waals surface area contributed by atoms with Crippen LogP contribution in [0.1, 0.15) is 18.6 Å². The average Bonchev–Trinajstić information content (AvgIpc) is 2.09. The summed E-state index contributed by atoms with van der Waals surface area (Å²) in [5, 5.41) is 18.9. The van der Waals surface area contributed by atoms with Crippen LogP contribution in [0.4, 0.5) is 0 Å². The molecule has 0 aliphatic rings. The van der Waals surface area contributed by atoms with Gasteiger partial charge in [0, 0.05) is 0 Å². The Bertz CT molecular complexity index is 310. The number of aromatic hydroxyl groups is 1. The molecule has 0 aliphatic carbocycles. The normalized spacial score (nSPS) is 12.6. The van der Waals surface area contributed by atoms with Crippen molar-refractivity contribution in [2.24, 2.45) is 0 Å². The van der Waals surface area contributed by atoms with Gasteiger partial charge in [-0.3, -0.25) is 0 Å². The Hall–Kier alpha value is -0.740. The Morgan fingerprint density at radius 2 is 2.08 bits per heavy atom. The Kier molecular flexibility index (Phi) is 3.17. The number of benzene rings is 1. The summed E-state index contributed by atoms with van der Waals surface area (Å²) in [6.45, 7) is 1.63. The van der Waals surface area contributed by atoms with Gasteiger partial charge in [0.25, 0.3) is 0 Å². The second-order valence-corrected chi connectivity index (χ2v) is 3.49. The van der Waals surface area contributed by atoms with Crippen LogP contribution in [0.3, 0.4) is 0 Å². The third-order valence-electron chi connectivity index (χ3n) is 1.78. The van der Waals surface area contributed by atoms with Gasteiger partial charge in [-0.1, -0.05) is 6.07 Å². The number of hydrogen-bond acceptors (Lipinski definition) is 3. The van der Waals surface area contributed by atoms with Gasteiger partial charge < -0.3 is 14.9 Å². The van der Waals surface area contributed by atoms with Crippen molar-refractivity contribution >= 4 is 15.9 Å². The number of hydrogen-bond donors (Lipinski definition) is 2. The molecule has 1 aromatic carbocycles. The smallest absolute Gasteiger partial charge is 0.172 e. The molecular weight excluding hydrogens is 236 g/mol. The fourth-order valence-corrected chi connectivity index (χ4v) is 1.71. The van der Waals surface area contributed by atoms with E-state index in [0.717, 1.165) is 0 Å². The minimum absolute atomic E-state index is 0.0147. The zero-order valence-electron chi connectivity index (χ0n) is 7.41. The van der Waals surface area contributed by atoms with Gasteiger partial charge in [-0.15, -0.1) is 0 Å². The zero-order valence-corrected chi connectivity index (χ0v) is 9.00. The van der Waals surface area contributed by atoms with Crippen molar-refractivity contribution in [3.63, 3.8) is 0 Å². The van der Waals surface area contributed by atoms with Gasteiger partial charge in [0.2, 0.25) is 0 Å². The fraction of sp³-hybridized carbons (Fsp3) is 0.333. The number of halogens is 1. The molecule has 0 aliphatic heterocycles. The van der Waals surface area contributed by atoms with Crippen molar-refractivity contribution in [1.82, 2.24) is 0 Å². The number of phenolic OH excluding ortho intramolecular Hbond substituents is 1. The molecule has 1 rings (SSSR count). The van der Waals surface area contributed by atoms with Gasteiger partial charge in [-0.05, 0) is 34.5 Å². The maximum Gasteiger partial charge on any atom is 0.172 e. The Morgan fingerprint density at radius 3 is 2.54 bits per heavy atom. The van der Waals surface area contributed by atoms with Crippen molar-refractivity contribution < 1.29 is 14.9 Å². The monoisotopic (exact) mass is 246 g/mol. The third kappa shape index (κ3) is 1.95. The topological polar surface area (TPSA) is 49.7 Å². The van der Waals surface area contributed by atoms with Crippen LogP contribution in [0.25, 0.3) is 0 Å². The largest absolute Gasteiger partial charge is 0.503 e. The van der Waals surface area contributed by atoms with Gasteiger partial charge in [-0.2, -0.15) is 0 Å². The van der Waals surface area contributed by atoms with Gasteiger partial charge in [0.1, 0.15) is 0 Å². The molecule has 0 aromatic heterocycles. The highest BCUT2D eigenvalue weighted by Gasteiger charge is 2.13. The fourth-order valence-electron chi connectivity index (χ4n) is 1.05. The first kappa shape index (κ1) is 10.3. The van der Waals surface area contributed by atoms with Crippen LogP contribution in [-0.4, -0.2) is 17.3 Å². The van der Waals surface area contributed by atoms with E-state index in [1.54, 1.807) is 19.1 Å². The molecule has 0 radical (unpaired) electrons. The molecule has 72 valence electrons. The average molecular weight is 247 g/mol. The number of phenols is 1. The molecule has 13 heavy (non-hydrogen) atoms. The molecule has 0 heterocycles. The van der Waals surface area contributed by atoms with Crippen molar-refractivity contribution in [3.05, 3.63) is 22.2 Å². The Labute approximate surface area is 85.1 Å². The van der Waals surface area contributed by atoms with Crippen molar-refractivity contribution in [2.45, 2.75) is 13.0 Å². The summed E-state index contributed by atoms with van der Waals surface area (Å²) in [6.07, 6.45) is -0.619. The van der Waals surface area contributed by atoms with E-state index in [4.69, 9.17) is 4.74 Å². The van der Waals surface area contributed by atoms with Gasteiger partial charge in [0.15, 0.2) is 11.5 Å². The third-order valence-corrected chi connectivity index (χ3v) is 2.61. The summed E-state index contributed by atoms with van der Waals surface area (Å²) in [6, 6.07) is 3.31. The zero-order chi connectivity index (χ0) is 10.0. The van der Waals surface area contributed by atoms with E-state index in [9.17, 15) is 10.2 Å². The molecule has 0 fully saturated rings. The predicted octanol–water partition coefficient (Wildman–Crippen LogP) is 2.22. The van der Waals surface area contributed by atoms with Crippen LogP contribution in [0.15, 0.2) is 16.6 Å². The number of aliphatic hydroxyl groups is 1. The standard InChI is InChI=1S/C9H11BrO3/c1-5(11)6-3-4-7(13-2)9(12)8(6)10/h3-5,11-12H,1-2H3. The molecule has 2 N–H and O–H groups in total. The lowest BCUT2D eigenvalue weighted by molar-refractivity contribution is 0.197. The second-order valence-electron chi connectivity index (χ2n) is 2.70. The SMILES string of the molecule is COc1ccc(C(C)O)c(Br)c1O. The summed E-state index contributed by atoms with van der Waals surface area (Å²) in [5.74, 6) is 0.400. The maximum atomic E-state index is 9.54. The number of methoxy groups -OCH3 is 1. The highest BCUT2D eigenvalue weighted by atomic mass is 79.9. The van der Waals surface area contributed by atoms with Crippen LogP contribution in [0, 0.1) is 0 Å². The minimum atomic E-state index is -0.619. The molecule has 0 amide bonds. The molecule has 0 spiro atoms. The lowest BCUT2D eigenvalue weighted by Gasteiger charge is -2.11. The van der Waals surface area contributed by atoms with Crippen LogP contribution < -0.4 is 4.74 Å². The van der Waals surface area contributed by atoms with E-state index in [2.05, 4.69) is 15.9 Å². The van der Waals surface area contributed by atoms with E-state index in [0.29, 0.717) is 15.8 Å². The minimum Gasteiger partial charge on any atom is -0.503 e. The first-order chi connectivity index (χ1) is 6.07. The van der Waals surface area contributed by atoms with E-state index < -0.39 is 6.10 Å². The van der Waals surface area contributed by atoms with E-state index in [-0.39, 0.29) is 5.75 Å². The molecule has 3 nitrogen and oxygen atoms in total. The number of ether oxygens (including phenoxy) is 1. The van der Waals surface area contributed by atoms with Crippen LogP contribution >= 0.6 is 15.9 Å². The summed E-state index contributed by atoms with van der Waals surface area (Å²) < 4.78 is 5.37. The van der Waals surface area contributed by atoms with Crippen LogP contribution in [-0.2, 0) is 0 Å². The Balaban J connectivity index is 3.23. The lowest BCUT2D eigenvalue weighted by atomic mass is 10.1. The number of rotatable bonds is 2. The van der Waals surface area contributed by atoms with E-state index in [1.807, 2.05) is 0 Å². The number of aliphatic hydroxyl groups excluding tert-OH is 1. The highest BCUT2D eigenvalue weighted by Crippen LogP contribution is 2.38. The molecule has 0 saturated carbocycles. The molecule has 1 atom stereocenters. The molecule has 0 saturated heterocycles. The quantitative estimate of drug-likeness (QED) is 0.842. The first-order valence-electron chi connectivity index (χ1n) is 3.81. The van der Waals surface area contributed by atoms with E-state index in [1.165, 1.54) is 7.11 Å². The van der Waals surface area contributed by atoms with Crippen molar-refractivity contribution in [1.29, 1.82) is 0 Å². The summed E-state index contributed by atoms with van der Waals surface area (Å²) in [7, 11) is 1.48. The van der Waals surface area contributed by atoms with Gasteiger partial charge in [-0.25, -0.2) is 0 Å². The molecule has 0 bridgehead atoms. The van der Waals surface area contributed by atoms with E-state index >= 15 is 0 Å². The van der Waals surface area contributed by atoms with Crippen molar-refractivity contribution in [3.8, 4) is 11.5 Å². The first-order valence-corrected chi connectivity index (χ1v) is 4.60. The maximum absolute atomic E-state index is 9.54. The van der Waals surface area contributed by atoms with Gasteiger partial charge >= 0.3 is 0 Å². The van der Waals surface area contributed by atoms with Crippen molar-refractivity contribution in [2.75, 3.05) is 7.11 Å². The molecule has 1 unspecified atom stereocenters. The molecule has 1 aromatic rings. The van der Waals surface area contributed by atoms with Gasteiger partial charge in [0.05, 0.1) is 17.7 Å². The predicted molar refractivity (Wildman–Crippen MR) is 53.0 cm³/mol. The van der Waals surface area contributed by atoms with Crippen LogP contribution in [0.5, 0.6) is 11.5 Å². The Morgan fingerprint density at radius 1 is 1.46 bits per heavy atom. The summed E-state index contributed by atoms with van der Waals surface area (Å²) in [4.78, 5) is 0. The second kappa shape index (κ2) is 3.98. The lowest BCUT2D eigenvalue weighted by Crippen LogP contribution is -1.94. The highest BCUT2D eigenvalue weighted by molar-refractivity contribution is 9.10. The molecular formula is C9H11BrO3. The summed E-state index contributed by atoms with van der Waals surface area (Å²) >= 11 is 3.18. The summed E-state index contributed by atoms with van der Waals surface area (Å²) in [5.41, 5.74) is 0.637.